The number of halogens is 4. The van der Waals surface area contributed by atoms with Crippen molar-refractivity contribution < 1.29 is 37.1 Å². The van der Waals surface area contributed by atoms with Gasteiger partial charge >= 0.3 is 6.18 Å². The molecule has 3 atom stereocenters. The average molecular weight is 587 g/mol. The largest absolute Gasteiger partial charge is 0.393 e. The maximum absolute atomic E-state index is 13.6. The normalized spacial score (nSPS) is 13.9. The zero-order chi connectivity index (χ0) is 28.6. The van der Waals surface area contributed by atoms with Crippen LogP contribution in [0.4, 0.5) is 17.6 Å². The lowest BCUT2D eigenvalue weighted by Gasteiger charge is -2.23. The van der Waals surface area contributed by atoms with Gasteiger partial charge in [-0.3, -0.25) is 14.4 Å². The van der Waals surface area contributed by atoms with E-state index >= 15 is 0 Å². The Balaban J connectivity index is 1.75. The molecule has 0 aliphatic rings. The van der Waals surface area contributed by atoms with Crippen LogP contribution in [-0.2, 0) is 4.79 Å². The first-order chi connectivity index (χ1) is 18.4. The number of amides is 2. The Bertz CT molecular complexity index is 1270. The average Bonchev–Trinajstić information content (AvgIpc) is 3.57. The first-order valence-corrected chi connectivity index (χ1v) is 13.6. The molecule has 0 saturated heterocycles. The SMILES string of the molecule is CC(O)CC[C@H](NC(=O)c1cnc(-c2cccc(F)c2)s1)C(=O)N[C@@H](CCCC(F)(F)F)C(=O)c1nccs1. The van der Waals surface area contributed by atoms with E-state index in [-0.39, 0.29) is 29.1 Å². The maximum Gasteiger partial charge on any atom is 0.389 e. The minimum Gasteiger partial charge on any atom is -0.393 e. The number of nitrogens with zero attached hydrogens (tertiary/aromatic N) is 2. The minimum atomic E-state index is -4.42. The van der Waals surface area contributed by atoms with Crippen LogP contribution in [0.15, 0.2) is 42.0 Å². The first-order valence-electron chi connectivity index (χ1n) is 11.9. The van der Waals surface area contributed by atoms with Crippen molar-refractivity contribution in [3.63, 3.8) is 0 Å². The predicted molar refractivity (Wildman–Crippen MR) is 138 cm³/mol. The van der Waals surface area contributed by atoms with Gasteiger partial charge in [-0.1, -0.05) is 12.1 Å². The van der Waals surface area contributed by atoms with Crippen LogP contribution in [0.2, 0.25) is 0 Å². The maximum atomic E-state index is 13.6. The Morgan fingerprint density at radius 2 is 1.85 bits per heavy atom. The van der Waals surface area contributed by atoms with Gasteiger partial charge in [-0.15, -0.1) is 22.7 Å². The summed E-state index contributed by atoms with van der Waals surface area (Å²) in [6, 6.07) is 3.16. The number of Topliss-reactive ketones (excluding diaryl/α,β-unsaturated/α-hetero) is 1. The second-order valence-corrected chi connectivity index (χ2v) is 10.7. The van der Waals surface area contributed by atoms with Crippen molar-refractivity contribution in [1.29, 1.82) is 0 Å². The highest BCUT2D eigenvalue weighted by molar-refractivity contribution is 7.16. The number of hydrogen-bond acceptors (Lipinski definition) is 8. The number of carbonyl (C=O) groups is 3. The molecule has 0 radical (unpaired) electrons. The molecule has 1 aromatic carbocycles. The molecule has 0 fully saturated rings. The van der Waals surface area contributed by atoms with E-state index in [1.165, 1.54) is 42.9 Å². The van der Waals surface area contributed by atoms with Gasteiger partial charge in [-0.25, -0.2) is 14.4 Å². The van der Waals surface area contributed by atoms with Crippen molar-refractivity contribution >= 4 is 40.3 Å². The van der Waals surface area contributed by atoms with E-state index < -0.39 is 60.6 Å². The molecule has 2 aromatic heterocycles. The lowest BCUT2D eigenvalue weighted by Crippen LogP contribution is -2.51. The third-order valence-electron chi connectivity index (χ3n) is 5.53. The van der Waals surface area contributed by atoms with Crippen molar-refractivity contribution in [3.05, 3.63) is 57.7 Å². The van der Waals surface area contributed by atoms with Crippen LogP contribution in [0.3, 0.4) is 0 Å². The van der Waals surface area contributed by atoms with Gasteiger partial charge in [-0.2, -0.15) is 13.2 Å². The van der Waals surface area contributed by atoms with E-state index in [0.717, 1.165) is 22.7 Å². The number of alkyl halides is 3. The molecule has 2 heterocycles. The first kappa shape index (κ1) is 30.3. The highest BCUT2D eigenvalue weighted by Crippen LogP contribution is 2.26. The molecular formula is C25H26F4N4O4S2. The molecule has 39 heavy (non-hydrogen) atoms. The van der Waals surface area contributed by atoms with Crippen LogP contribution in [0.5, 0.6) is 0 Å². The summed E-state index contributed by atoms with van der Waals surface area (Å²) in [4.78, 5) is 47.2. The van der Waals surface area contributed by atoms with Crippen molar-refractivity contribution in [2.75, 3.05) is 0 Å². The van der Waals surface area contributed by atoms with Gasteiger partial charge in [0.25, 0.3) is 5.91 Å². The summed E-state index contributed by atoms with van der Waals surface area (Å²) in [7, 11) is 0. The molecule has 3 rings (SSSR count). The Morgan fingerprint density at radius 3 is 2.49 bits per heavy atom. The number of hydrogen-bond donors (Lipinski definition) is 3. The van der Waals surface area contributed by atoms with Gasteiger partial charge in [-0.05, 0) is 44.7 Å². The summed E-state index contributed by atoms with van der Waals surface area (Å²) in [6.45, 7) is 1.50. The molecule has 3 aromatic rings. The smallest absolute Gasteiger partial charge is 0.389 e. The summed E-state index contributed by atoms with van der Waals surface area (Å²) in [5, 5.41) is 16.7. The van der Waals surface area contributed by atoms with E-state index in [0.29, 0.717) is 10.6 Å². The molecule has 8 nitrogen and oxygen atoms in total. The molecule has 0 spiro atoms. The second kappa shape index (κ2) is 13.7. The number of benzene rings is 1. The Kier molecular flexibility index (Phi) is 10.7. The number of nitrogens with one attached hydrogen (secondary N) is 2. The zero-order valence-corrected chi connectivity index (χ0v) is 22.3. The topological polar surface area (TPSA) is 121 Å². The quantitative estimate of drug-likeness (QED) is 0.196. The third-order valence-corrected chi connectivity index (χ3v) is 7.36. The van der Waals surface area contributed by atoms with Crippen molar-refractivity contribution in [3.8, 4) is 10.6 Å². The number of aliphatic hydroxyl groups is 1. The summed E-state index contributed by atoms with van der Waals surface area (Å²) >= 11 is 1.96. The summed E-state index contributed by atoms with van der Waals surface area (Å²) in [5.41, 5.74) is 0.463. The van der Waals surface area contributed by atoms with Crippen molar-refractivity contribution in [1.82, 2.24) is 20.6 Å². The fourth-order valence-electron chi connectivity index (χ4n) is 3.58. The Hall–Kier alpha value is -3.23. The fraction of sp³-hybridized carbons (Fsp3) is 0.400. The number of carbonyl (C=O) groups excluding carboxylic acids is 3. The number of rotatable bonds is 13. The zero-order valence-electron chi connectivity index (χ0n) is 20.7. The lowest BCUT2D eigenvalue weighted by molar-refractivity contribution is -0.135. The van der Waals surface area contributed by atoms with Gasteiger partial charge in [0.05, 0.1) is 18.3 Å². The molecule has 0 saturated carbocycles. The summed E-state index contributed by atoms with van der Waals surface area (Å²) in [5.74, 6) is -2.56. The van der Waals surface area contributed by atoms with E-state index in [9.17, 15) is 37.1 Å². The molecule has 1 unspecified atom stereocenters. The third kappa shape index (κ3) is 9.48. The second-order valence-electron chi connectivity index (χ2n) is 8.76. The van der Waals surface area contributed by atoms with Gasteiger partial charge in [0.15, 0.2) is 5.01 Å². The molecule has 0 aliphatic carbocycles. The fourth-order valence-corrected chi connectivity index (χ4v) is 5.03. The molecule has 0 aliphatic heterocycles. The van der Waals surface area contributed by atoms with E-state index in [1.807, 2.05) is 0 Å². The monoisotopic (exact) mass is 586 g/mol. The molecule has 0 bridgehead atoms. The van der Waals surface area contributed by atoms with Crippen LogP contribution in [0.25, 0.3) is 10.6 Å². The van der Waals surface area contributed by atoms with Gasteiger partial charge < -0.3 is 15.7 Å². The highest BCUT2D eigenvalue weighted by atomic mass is 32.1. The number of aliphatic hydroxyl groups excluding tert-OH is 1. The van der Waals surface area contributed by atoms with Crippen LogP contribution in [0, 0.1) is 5.82 Å². The predicted octanol–water partition coefficient (Wildman–Crippen LogP) is 4.77. The Morgan fingerprint density at radius 1 is 1.08 bits per heavy atom. The highest BCUT2D eigenvalue weighted by Gasteiger charge is 2.31. The van der Waals surface area contributed by atoms with Crippen molar-refractivity contribution in [2.45, 2.75) is 63.4 Å². The number of thiazole rings is 2. The summed E-state index contributed by atoms with van der Waals surface area (Å²) < 4.78 is 51.7. The molecule has 210 valence electrons. The lowest BCUT2D eigenvalue weighted by atomic mass is 10.0. The molecule has 14 heteroatoms. The van der Waals surface area contributed by atoms with Gasteiger partial charge in [0.2, 0.25) is 11.7 Å². The molecule has 2 amide bonds. The van der Waals surface area contributed by atoms with E-state index in [2.05, 4.69) is 20.6 Å². The Labute approximate surface area is 229 Å². The van der Waals surface area contributed by atoms with Gasteiger partial charge in [0, 0.05) is 23.6 Å². The molecule has 3 N–H and O–H groups in total. The van der Waals surface area contributed by atoms with Crippen molar-refractivity contribution in [2.24, 2.45) is 0 Å². The minimum absolute atomic E-state index is 0.00842. The summed E-state index contributed by atoms with van der Waals surface area (Å²) in [6.07, 6.45) is -4.30. The number of aromatic nitrogens is 2. The van der Waals surface area contributed by atoms with Crippen LogP contribution in [-0.4, -0.2) is 57.0 Å². The standard InChI is InChI=1S/C25H26F4N4O4S2/c1-14(34)7-8-18(33-22(37)19-13-31-23(39-19)15-4-2-5-16(26)12-15)21(36)32-17(6-3-9-25(27,28)29)20(35)24-30-10-11-38-24/h2,4-5,10-14,17-18,34H,3,6-9H2,1H3,(H,32,36)(H,33,37)/t14?,17-,18-/m0/s1. The van der Waals surface area contributed by atoms with E-state index in [4.69, 9.17) is 0 Å². The van der Waals surface area contributed by atoms with E-state index in [1.54, 1.807) is 6.07 Å². The number of ketones is 1. The van der Waals surface area contributed by atoms with Crippen LogP contribution < -0.4 is 10.6 Å². The van der Waals surface area contributed by atoms with Crippen LogP contribution in [0.1, 0.15) is 58.5 Å². The molecular weight excluding hydrogens is 560 g/mol. The van der Waals surface area contributed by atoms with Crippen LogP contribution >= 0.6 is 22.7 Å². The van der Waals surface area contributed by atoms with Gasteiger partial charge in [0.1, 0.15) is 21.7 Å².